The predicted molar refractivity (Wildman–Crippen MR) is 75.8 cm³/mol. The molecule has 0 aliphatic carbocycles. The minimum absolute atomic E-state index is 0.0338. The van der Waals surface area contributed by atoms with Crippen molar-refractivity contribution in [3.05, 3.63) is 46.8 Å². The van der Waals surface area contributed by atoms with Gasteiger partial charge in [-0.2, -0.15) is 0 Å². The van der Waals surface area contributed by atoms with E-state index in [9.17, 15) is 4.79 Å². The molecular weight excluding hydrogens is 264 g/mol. The number of nitrogens with one attached hydrogen (secondary N) is 1. The van der Waals surface area contributed by atoms with Crippen molar-refractivity contribution < 1.29 is 4.79 Å². The highest BCUT2D eigenvalue weighted by Crippen LogP contribution is 2.19. The third kappa shape index (κ3) is 3.85. The second-order valence-corrected chi connectivity index (χ2v) is 5.74. The lowest BCUT2D eigenvalue weighted by atomic mass is 10.3. The van der Waals surface area contributed by atoms with E-state index >= 15 is 0 Å². The van der Waals surface area contributed by atoms with Crippen LogP contribution in [-0.2, 0) is 4.79 Å². The average molecular weight is 278 g/mol. The normalized spacial score (nSPS) is 12.1. The van der Waals surface area contributed by atoms with Crippen molar-refractivity contribution >= 4 is 29.0 Å². The van der Waals surface area contributed by atoms with Gasteiger partial charge in [-0.1, -0.05) is 23.9 Å². The zero-order valence-corrected chi connectivity index (χ0v) is 11.6. The molecule has 0 radical (unpaired) electrons. The second-order valence-electron chi connectivity index (χ2n) is 3.76. The zero-order valence-electron chi connectivity index (χ0n) is 10.00. The molecule has 0 saturated carbocycles. The standard InChI is InChI=1S/C13H14N2OS2/c1-10(11-5-4-8-17-11)15-12(16)9-18-13-6-2-3-7-14-13/h2-8,10H,9H2,1H3,(H,15,16). The van der Waals surface area contributed by atoms with Crippen molar-refractivity contribution in [3.63, 3.8) is 0 Å². The van der Waals surface area contributed by atoms with Gasteiger partial charge in [-0.3, -0.25) is 4.79 Å². The lowest BCUT2D eigenvalue weighted by molar-refractivity contribution is -0.119. The molecule has 2 aromatic rings. The lowest BCUT2D eigenvalue weighted by Crippen LogP contribution is -2.27. The fourth-order valence-corrected chi connectivity index (χ4v) is 2.87. The molecule has 1 amide bonds. The van der Waals surface area contributed by atoms with E-state index in [1.165, 1.54) is 16.6 Å². The molecule has 3 nitrogen and oxygen atoms in total. The van der Waals surface area contributed by atoms with E-state index in [1.54, 1.807) is 17.5 Å². The van der Waals surface area contributed by atoms with Crippen LogP contribution in [0.1, 0.15) is 17.8 Å². The van der Waals surface area contributed by atoms with E-state index < -0.39 is 0 Å². The molecule has 1 unspecified atom stereocenters. The van der Waals surface area contributed by atoms with Gasteiger partial charge in [0, 0.05) is 11.1 Å². The summed E-state index contributed by atoms with van der Waals surface area (Å²) in [5, 5.41) is 5.86. The van der Waals surface area contributed by atoms with Crippen molar-refractivity contribution in [2.24, 2.45) is 0 Å². The summed E-state index contributed by atoms with van der Waals surface area (Å²) >= 11 is 3.10. The maximum absolute atomic E-state index is 11.8. The van der Waals surface area contributed by atoms with Crippen LogP contribution in [0.4, 0.5) is 0 Å². The van der Waals surface area contributed by atoms with Crippen LogP contribution in [0.3, 0.4) is 0 Å². The average Bonchev–Trinajstić information content (AvgIpc) is 2.91. The van der Waals surface area contributed by atoms with Crippen molar-refractivity contribution in [2.75, 3.05) is 5.75 Å². The molecule has 0 aliphatic heterocycles. The van der Waals surface area contributed by atoms with Gasteiger partial charge in [0.2, 0.25) is 5.91 Å². The third-order valence-electron chi connectivity index (χ3n) is 2.34. The predicted octanol–water partition coefficient (Wildman–Crippen LogP) is 3.11. The smallest absolute Gasteiger partial charge is 0.230 e. The van der Waals surface area contributed by atoms with E-state index in [2.05, 4.69) is 10.3 Å². The number of pyridine rings is 1. The topological polar surface area (TPSA) is 42.0 Å². The monoisotopic (exact) mass is 278 g/mol. The Bertz CT molecular complexity index is 485. The molecule has 18 heavy (non-hydrogen) atoms. The summed E-state index contributed by atoms with van der Waals surface area (Å²) in [6.07, 6.45) is 1.73. The number of nitrogens with zero attached hydrogens (tertiary/aromatic N) is 1. The van der Waals surface area contributed by atoms with E-state index in [0.717, 1.165) is 5.03 Å². The summed E-state index contributed by atoms with van der Waals surface area (Å²) in [5.74, 6) is 0.429. The highest BCUT2D eigenvalue weighted by Gasteiger charge is 2.10. The number of amides is 1. The number of carbonyl (C=O) groups is 1. The Morgan fingerprint density at radius 2 is 2.33 bits per heavy atom. The Balaban J connectivity index is 1.79. The van der Waals surface area contributed by atoms with Crippen LogP contribution in [-0.4, -0.2) is 16.6 Å². The largest absolute Gasteiger partial charge is 0.348 e. The molecule has 1 N–H and O–H groups in total. The van der Waals surface area contributed by atoms with Crippen LogP contribution in [0.5, 0.6) is 0 Å². The SMILES string of the molecule is CC(NC(=O)CSc1ccccn1)c1cccs1. The molecule has 2 aromatic heterocycles. The van der Waals surface area contributed by atoms with Crippen LogP contribution in [0.25, 0.3) is 0 Å². The van der Waals surface area contributed by atoms with Crippen LogP contribution in [0.15, 0.2) is 46.9 Å². The van der Waals surface area contributed by atoms with Gasteiger partial charge >= 0.3 is 0 Å². The van der Waals surface area contributed by atoms with Crippen molar-refractivity contribution in [1.82, 2.24) is 10.3 Å². The van der Waals surface area contributed by atoms with Gasteiger partial charge in [-0.15, -0.1) is 11.3 Å². The summed E-state index contributed by atoms with van der Waals surface area (Å²) in [6.45, 7) is 2.00. The molecule has 94 valence electrons. The quantitative estimate of drug-likeness (QED) is 0.854. The Morgan fingerprint density at radius 1 is 1.44 bits per heavy atom. The Labute approximate surface area is 115 Å². The van der Waals surface area contributed by atoms with Gasteiger partial charge in [-0.25, -0.2) is 4.98 Å². The zero-order chi connectivity index (χ0) is 12.8. The molecule has 0 bridgehead atoms. The molecule has 2 rings (SSSR count). The van der Waals surface area contributed by atoms with Crippen LogP contribution >= 0.6 is 23.1 Å². The van der Waals surface area contributed by atoms with Gasteiger partial charge in [0.1, 0.15) is 0 Å². The minimum atomic E-state index is 0.0338. The molecule has 0 fully saturated rings. The first kappa shape index (κ1) is 13.1. The second kappa shape index (κ2) is 6.56. The van der Waals surface area contributed by atoms with Crippen molar-refractivity contribution in [3.8, 4) is 0 Å². The van der Waals surface area contributed by atoms with E-state index in [1.807, 2.05) is 42.6 Å². The first-order chi connectivity index (χ1) is 8.75. The summed E-state index contributed by atoms with van der Waals surface area (Å²) in [7, 11) is 0. The van der Waals surface area contributed by atoms with Crippen LogP contribution in [0, 0.1) is 0 Å². The third-order valence-corrected chi connectivity index (χ3v) is 4.34. The Hall–Kier alpha value is -1.33. The molecule has 0 saturated heterocycles. The number of rotatable bonds is 5. The Kier molecular flexibility index (Phi) is 4.78. The first-order valence-electron chi connectivity index (χ1n) is 5.62. The molecular formula is C13H14N2OS2. The number of aromatic nitrogens is 1. The van der Waals surface area contributed by atoms with Crippen molar-refractivity contribution in [1.29, 1.82) is 0 Å². The lowest BCUT2D eigenvalue weighted by Gasteiger charge is -2.11. The fourth-order valence-electron chi connectivity index (χ4n) is 1.46. The van der Waals surface area contributed by atoms with Gasteiger partial charge in [0.15, 0.2) is 0 Å². The van der Waals surface area contributed by atoms with Gasteiger partial charge in [0.05, 0.1) is 16.8 Å². The summed E-state index contributed by atoms with van der Waals surface area (Å²) in [4.78, 5) is 17.1. The molecule has 0 aromatic carbocycles. The number of thioether (sulfide) groups is 1. The summed E-state index contributed by atoms with van der Waals surface area (Å²) in [6, 6.07) is 9.78. The number of carbonyl (C=O) groups excluding carboxylic acids is 1. The molecule has 2 heterocycles. The van der Waals surface area contributed by atoms with Gasteiger partial charge < -0.3 is 5.32 Å². The van der Waals surface area contributed by atoms with E-state index in [-0.39, 0.29) is 11.9 Å². The Morgan fingerprint density at radius 3 is 3.00 bits per heavy atom. The number of hydrogen-bond acceptors (Lipinski definition) is 4. The highest BCUT2D eigenvalue weighted by molar-refractivity contribution is 7.99. The van der Waals surface area contributed by atoms with Crippen LogP contribution in [0.2, 0.25) is 0 Å². The molecule has 0 aliphatic rings. The molecule has 5 heteroatoms. The minimum Gasteiger partial charge on any atom is -0.348 e. The van der Waals surface area contributed by atoms with Crippen LogP contribution < -0.4 is 5.32 Å². The molecule has 1 atom stereocenters. The highest BCUT2D eigenvalue weighted by atomic mass is 32.2. The number of thiophene rings is 1. The van der Waals surface area contributed by atoms with Gasteiger partial charge in [0.25, 0.3) is 0 Å². The van der Waals surface area contributed by atoms with E-state index in [4.69, 9.17) is 0 Å². The molecule has 0 spiro atoms. The van der Waals surface area contributed by atoms with Crippen molar-refractivity contribution in [2.45, 2.75) is 18.0 Å². The fraction of sp³-hybridized carbons (Fsp3) is 0.231. The summed E-state index contributed by atoms with van der Waals surface area (Å²) < 4.78 is 0. The maximum atomic E-state index is 11.8. The maximum Gasteiger partial charge on any atom is 0.230 e. The first-order valence-corrected chi connectivity index (χ1v) is 7.49. The van der Waals surface area contributed by atoms with E-state index in [0.29, 0.717) is 5.75 Å². The number of hydrogen-bond donors (Lipinski definition) is 1. The van der Waals surface area contributed by atoms with Gasteiger partial charge in [-0.05, 0) is 30.5 Å². The summed E-state index contributed by atoms with van der Waals surface area (Å²) in [5.41, 5.74) is 0.